The van der Waals surface area contributed by atoms with Crippen LogP contribution in [0.2, 0.25) is 0 Å². The molecule has 2 aliphatic rings. The van der Waals surface area contributed by atoms with E-state index in [-0.39, 0.29) is 17.9 Å². The number of carboxylic acids is 1. The lowest BCUT2D eigenvalue weighted by Gasteiger charge is -2.52. The molecule has 1 aliphatic heterocycles. The van der Waals surface area contributed by atoms with Crippen LogP contribution in [0.4, 0.5) is 13.2 Å². The van der Waals surface area contributed by atoms with E-state index in [9.17, 15) is 22.8 Å². The molecule has 1 aromatic carbocycles. The van der Waals surface area contributed by atoms with Gasteiger partial charge in [0.2, 0.25) is 0 Å². The highest BCUT2D eigenvalue weighted by atomic mass is 19.4. The van der Waals surface area contributed by atoms with Gasteiger partial charge in [-0.25, -0.2) is 4.79 Å². The van der Waals surface area contributed by atoms with Crippen LogP contribution in [0.25, 0.3) is 0 Å². The maximum absolute atomic E-state index is 12.5. The molecule has 1 saturated carbocycles. The summed E-state index contributed by atoms with van der Waals surface area (Å²) in [5.41, 5.74) is 1.66. The van der Waals surface area contributed by atoms with Gasteiger partial charge in [0, 0.05) is 37.1 Å². The van der Waals surface area contributed by atoms with Crippen LogP contribution in [-0.2, 0) is 4.79 Å². The molecule has 0 unspecified atom stereocenters. The molecular formula is C23H24F3N3O4. The number of amides is 2. The molecule has 4 rings (SSSR count). The van der Waals surface area contributed by atoms with Gasteiger partial charge in [-0.2, -0.15) is 13.2 Å². The number of aliphatic carboxylic acids is 1. The Hall–Kier alpha value is -3.43. The van der Waals surface area contributed by atoms with Crippen molar-refractivity contribution >= 4 is 17.8 Å². The third-order valence-electron chi connectivity index (χ3n) is 5.99. The molecule has 2 N–H and O–H groups in total. The fourth-order valence-electron chi connectivity index (χ4n) is 4.21. The highest BCUT2D eigenvalue weighted by Gasteiger charge is 2.46. The van der Waals surface area contributed by atoms with E-state index in [2.05, 4.69) is 10.3 Å². The summed E-state index contributed by atoms with van der Waals surface area (Å²) < 4.78 is 31.7. The lowest BCUT2D eigenvalue weighted by Crippen LogP contribution is -2.55. The van der Waals surface area contributed by atoms with Gasteiger partial charge in [0.15, 0.2) is 0 Å². The Morgan fingerprint density at radius 3 is 2.09 bits per heavy atom. The van der Waals surface area contributed by atoms with Gasteiger partial charge in [0.25, 0.3) is 11.8 Å². The van der Waals surface area contributed by atoms with Crippen molar-refractivity contribution in [2.75, 3.05) is 13.1 Å². The van der Waals surface area contributed by atoms with Crippen molar-refractivity contribution in [2.45, 2.75) is 37.9 Å². The van der Waals surface area contributed by atoms with Gasteiger partial charge in [0.05, 0.1) is 5.56 Å². The van der Waals surface area contributed by atoms with E-state index in [1.54, 1.807) is 24.5 Å². The third-order valence-corrected chi connectivity index (χ3v) is 5.99. The molecule has 0 bridgehead atoms. The topological polar surface area (TPSA) is 99.6 Å². The van der Waals surface area contributed by atoms with Gasteiger partial charge < -0.3 is 15.3 Å². The van der Waals surface area contributed by atoms with E-state index in [4.69, 9.17) is 9.90 Å². The molecule has 176 valence electrons. The van der Waals surface area contributed by atoms with Crippen LogP contribution in [0.15, 0.2) is 54.9 Å². The number of carbonyl (C=O) groups excluding carboxylic acids is 2. The second-order valence-electron chi connectivity index (χ2n) is 8.28. The zero-order valence-electron chi connectivity index (χ0n) is 17.7. The van der Waals surface area contributed by atoms with E-state index in [0.717, 1.165) is 44.3 Å². The summed E-state index contributed by atoms with van der Waals surface area (Å²) in [7, 11) is 0. The number of piperidine rings is 1. The lowest BCUT2D eigenvalue weighted by atomic mass is 9.60. The number of likely N-dealkylation sites (tertiary alicyclic amines) is 1. The van der Waals surface area contributed by atoms with E-state index in [1.165, 1.54) is 0 Å². The van der Waals surface area contributed by atoms with Crippen LogP contribution in [0, 0.1) is 5.41 Å². The van der Waals surface area contributed by atoms with Crippen LogP contribution in [0.5, 0.6) is 0 Å². The normalized spacial score (nSPS) is 17.4. The van der Waals surface area contributed by atoms with Gasteiger partial charge in [-0.05, 0) is 55.4 Å². The Kier molecular flexibility index (Phi) is 7.35. The summed E-state index contributed by atoms with van der Waals surface area (Å²) in [4.78, 5) is 39.6. The Labute approximate surface area is 188 Å². The monoisotopic (exact) mass is 463 g/mol. The summed E-state index contributed by atoms with van der Waals surface area (Å²) >= 11 is 0. The Balaban J connectivity index is 0.000000383. The fraction of sp³-hybridized carbons (Fsp3) is 0.391. The number of rotatable bonds is 3. The molecule has 0 atom stereocenters. The first kappa shape index (κ1) is 24.2. The lowest BCUT2D eigenvalue weighted by molar-refractivity contribution is -0.192. The molecular weight excluding hydrogens is 439 g/mol. The summed E-state index contributed by atoms with van der Waals surface area (Å²) in [6.07, 6.45) is 2.23. The number of benzene rings is 1. The van der Waals surface area contributed by atoms with E-state index < -0.39 is 12.1 Å². The van der Waals surface area contributed by atoms with Crippen molar-refractivity contribution < 1.29 is 32.7 Å². The van der Waals surface area contributed by atoms with Crippen molar-refractivity contribution in [2.24, 2.45) is 5.41 Å². The number of pyridine rings is 1. The van der Waals surface area contributed by atoms with Crippen molar-refractivity contribution in [1.29, 1.82) is 0 Å². The molecule has 7 nitrogen and oxygen atoms in total. The number of halogens is 3. The van der Waals surface area contributed by atoms with Gasteiger partial charge in [0.1, 0.15) is 0 Å². The molecule has 1 saturated heterocycles. The van der Waals surface area contributed by atoms with E-state index in [1.807, 2.05) is 35.2 Å². The predicted octanol–water partition coefficient (Wildman–Crippen LogP) is 3.53. The number of carbonyl (C=O) groups is 3. The predicted molar refractivity (Wildman–Crippen MR) is 112 cm³/mol. The smallest absolute Gasteiger partial charge is 0.475 e. The van der Waals surface area contributed by atoms with Gasteiger partial charge in [-0.15, -0.1) is 0 Å². The first-order chi connectivity index (χ1) is 15.6. The highest BCUT2D eigenvalue weighted by molar-refractivity contribution is 5.94. The van der Waals surface area contributed by atoms with Crippen LogP contribution in [0.1, 0.15) is 46.4 Å². The maximum Gasteiger partial charge on any atom is 0.490 e. The Bertz CT molecular complexity index is 960. The molecule has 2 fully saturated rings. The highest BCUT2D eigenvalue weighted by Crippen LogP contribution is 2.49. The van der Waals surface area contributed by atoms with Gasteiger partial charge in [-0.1, -0.05) is 18.2 Å². The quantitative estimate of drug-likeness (QED) is 0.726. The standard InChI is InChI=1S/C21H23N3O2.C2HF3O2/c25-19(17-7-4-10-22-15-17)23-18-13-21(14-18)8-11-24(12-9-21)20(26)16-5-2-1-3-6-16;3-2(4,5)1(6)7/h1-7,10,15,18H,8-9,11-14H2,(H,23,25);(H,6,7). The molecule has 2 amide bonds. The zero-order valence-corrected chi connectivity index (χ0v) is 17.7. The minimum Gasteiger partial charge on any atom is -0.475 e. The van der Waals surface area contributed by atoms with Crippen molar-refractivity contribution in [3.05, 3.63) is 66.0 Å². The van der Waals surface area contributed by atoms with Crippen LogP contribution in [-0.4, -0.2) is 58.1 Å². The average molecular weight is 463 g/mol. The molecule has 2 aromatic rings. The molecule has 33 heavy (non-hydrogen) atoms. The second-order valence-corrected chi connectivity index (χ2v) is 8.28. The molecule has 1 spiro atoms. The van der Waals surface area contributed by atoms with Crippen LogP contribution in [0.3, 0.4) is 0 Å². The Morgan fingerprint density at radius 1 is 1.00 bits per heavy atom. The second kappa shape index (κ2) is 10.0. The Morgan fingerprint density at radius 2 is 1.58 bits per heavy atom. The largest absolute Gasteiger partial charge is 0.490 e. The SMILES string of the molecule is O=C(NC1CC2(CCN(C(=O)c3ccccc3)CC2)C1)c1cccnc1.O=C(O)C(F)(F)F. The molecule has 0 radical (unpaired) electrons. The summed E-state index contributed by atoms with van der Waals surface area (Å²) in [5.74, 6) is -2.68. The van der Waals surface area contributed by atoms with Crippen LogP contribution >= 0.6 is 0 Å². The minimum atomic E-state index is -5.08. The third kappa shape index (κ3) is 6.30. The summed E-state index contributed by atoms with van der Waals surface area (Å²) in [6.45, 7) is 1.61. The number of nitrogens with zero attached hydrogens (tertiary/aromatic N) is 2. The number of hydrogen-bond donors (Lipinski definition) is 2. The fourth-order valence-corrected chi connectivity index (χ4v) is 4.21. The van der Waals surface area contributed by atoms with Crippen molar-refractivity contribution in [3.8, 4) is 0 Å². The summed E-state index contributed by atoms with van der Waals surface area (Å²) in [6, 6.07) is 13.3. The average Bonchev–Trinajstić information content (AvgIpc) is 2.79. The van der Waals surface area contributed by atoms with Crippen LogP contribution < -0.4 is 5.32 Å². The molecule has 1 aliphatic carbocycles. The van der Waals surface area contributed by atoms with E-state index >= 15 is 0 Å². The number of aromatic nitrogens is 1. The number of alkyl halides is 3. The first-order valence-electron chi connectivity index (χ1n) is 10.4. The molecule has 2 heterocycles. The van der Waals surface area contributed by atoms with Gasteiger partial charge >= 0.3 is 12.1 Å². The van der Waals surface area contributed by atoms with Gasteiger partial charge in [-0.3, -0.25) is 14.6 Å². The van der Waals surface area contributed by atoms with E-state index in [0.29, 0.717) is 11.0 Å². The number of carboxylic acid groups (broad SMARTS) is 1. The first-order valence-corrected chi connectivity index (χ1v) is 10.4. The van der Waals surface area contributed by atoms with Crippen molar-refractivity contribution in [3.63, 3.8) is 0 Å². The summed E-state index contributed by atoms with van der Waals surface area (Å²) in [5, 5.41) is 10.2. The molecule has 10 heteroatoms. The number of nitrogens with one attached hydrogen (secondary N) is 1. The molecule has 1 aromatic heterocycles. The minimum absolute atomic E-state index is 0.0466. The van der Waals surface area contributed by atoms with Crippen molar-refractivity contribution in [1.82, 2.24) is 15.2 Å². The zero-order chi connectivity index (χ0) is 24.1. The maximum atomic E-state index is 12.5. The number of hydrogen-bond acceptors (Lipinski definition) is 4.